The second kappa shape index (κ2) is 8.93. The van der Waals surface area contributed by atoms with Gasteiger partial charge in [-0.25, -0.2) is 0 Å². The molecule has 4 bridgehead atoms. The van der Waals surface area contributed by atoms with Crippen molar-refractivity contribution in [2.24, 2.45) is 23.2 Å². The number of benzene rings is 2. The van der Waals surface area contributed by atoms with Crippen LogP contribution in [0.2, 0.25) is 0 Å². The molecular weight excluding hydrogens is 476 g/mol. The van der Waals surface area contributed by atoms with E-state index in [-0.39, 0.29) is 17.2 Å². The lowest BCUT2D eigenvalue weighted by atomic mass is 9.49. The SMILES string of the molecule is CCCOc1ccc2ccccc2c1/C=C1\SC(=S)N(NC(=O)C23CC4CC(CC(C4)C2)C3)C1=O. The Morgan fingerprint density at radius 3 is 2.51 bits per heavy atom. The van der Waals surface area contributed by atoms with Gasteiger partial charge in [0.1, 0.15) is 5.75 Å². The molecule has 2 aromatic rings. The highest BCUT2D eigenvalue weighted by Crippen LogP contribution is 2.60. The van der Waals surface area contributed by atoms with Gasteiger partial charge in [-0.3, -0.25) is 15.0 Å². The third-order valence-corrected chi connectivity index (χ3v) is 9.50. The summed E-state index contributed by atoms with van der Waals surface area (Å²) in [4.78, 5) is 27.5. The molecule has 5 fully saturated rings. The fourth-order valence-electron chi connectivity index (χ4n) is 7.07. The summed E-state index contributed by atoms with van der Waals surface area (Å²) in [6.45, 7) is 2.67. The van der Waals surface area contributed by atoms with E-state index in [0.29, 0.717) is 33.6 Å². The molecule has 0 radical (unpaired) electrons. The normalized spacial score (nSPS) is 30.5. The van der Waals surface area contributed by atoms with Crippen LogP contribution in [0.25, 0.3) is 16.8 Å². The molecule has 2 amide bonds. The molecule has 7 heteroatoms. The molecular formula is C28H30N2O3S2. The Morgan fingerprint density at radius 2 is 1.83 bits per heavy atom. The van der Waals surface area contributed by atoms with Crippen molar-refractivity contribution in [3.8, 4) is 5.75 Å². The van der Waals surface area contributed by atoms with E-state index >= 15 is 0 Å². The van der Waals surface area contributed by atoms with Crippen molar-refractivity contribution in [1.82, 2.24) is 10.4 Å². The predicted octanol–water partition coefficient (Wildman–Crippen LogP) is 6.08. The van der Waals surface area contributed by atoms with E-state index < -0.39 is 0 Å². The van der Waals surface area contributed by atoms with Crippen molar-refractivity contribution in [3.63, 3.8) is 0 Å². The van der Waals surface area contributed by atoms with Crippen LogP contribution in [0.3, 0.4) is 0 Å². The Hall–Kier alpha value is -2.38. The Balaban J connectivity index is 1.27. The van der Waals surface area contributed by atoms with Crippen LogP contribution in [0.5, 0.6) is 5.75 Å². The van der Waals surface area contributed by atoms with E-state index in [9.17, 15) is 9.59 Å². The lowest BCUT2D eigenvalue weighted by Gasteiger charge is -2.55. The first-order chi connectivity index (χ1) is 17.0. The van der Waals surface area contributed by atoms with Crippen molar-refractivity contribution in [1.29, 1.82) is 0 Å². The Kier molecular flexibility index (Phi) is 5.88. The Bertz CT molecular complexity index is 1220. The fourth-order valence-corrected chi connectivity index (χ4v) is 8.23. The molecule has 4 aliphatic carbocycles. The molecule has 2 aromatic carbocycles. The molecule has 35 heavy (non-hydrogen) atoms. The van der Waals surface area contributed by atoms with Crippen LogP contribution in [0.15, 0.2) is 41.3 Å². The maximum atomic E-state index is 13.5. The predicted molar refractivity (Wildman–Crippen MR) is 143 cm³/mol. The standard InChI is InChI=1S/C28H30N2O3S2/c1-2-9-33-23-8-7-20-5-3-4-6-21(20)22(23)13-24-25(31)30(27(34)35-24)29-26(32)28-14-17-10-18(15-28)12-19(11-17)16-28/h3-8,13,17-19H,2,9-12,14-16H2,1H3,(H,29,32)/b24-13-. The maximum absolute atomic E-state index is 13.5. The molecule has 1 N–H and O–H groups in total. The number of carbonyl (C=O) groups is 2. The Labute approximate surface area is 215 Å². The Morgan fingerprint density at radius 1 is 1.14 bits per heavy atom. The van der Waals surface area contributed by atoms with Gasteiger partial charge in [0.15, 0.2) is 4.32 Å². The van der Waals surface area contributed by atoms with Crippen LogP contribution in [0.1, 0.15) is 57.4 Å². The van der Waals surface area contributed by atoms with Gasteiger partial charge < -0.3 is 4.74 Å². The topological polar surface area (TPSA) is 58.6 Å². The number of nitrogens with one attached hydrogen (secondary N) is 1. The van der Waals surface area contributed by atoms with Crippen molar-refractivity contribution in [2.75, 3.05) is 6.61 Å². The monoisotopic (exact) mass is 506 g/mol. The van der Waals surface area contributed by atoms with Crippen LogP contribution >= 0.6 is 24.0 Å². The molecule has 5 nitrogen and oxygen atoms in total. The maximum Gasteiger partial charge on any atom is 0.285 e. The molecule has 5 aliphatic rings. The van der Waals surface area contributed by atoms with E-state index in [1.54, 1.807) is 0 Å². The smallest absolute Gasteiger partial charge is 0.285 e. The largest absolute Gasteiger partial charge is 0.493 e. The minimum absolute atomic E-state index is 0.0220. The molecule has 0 atom stereocenters. The number of thiocarbonyl (C=S) groups is 1. The van der Waals surface area contributed by atoms with E-state index in [1.807, 2.05) is 42.5 Å². The summed E-state index contributed by atoms with van der Waals surface area (Å²) in [6.07, 6.45) is 9.41. The summed E-state index contributed by atoms with van der Waals surface area (Å²) in [5, 5.41) is 3.39. The number of nitrogens with zero attached hydrogens (tertiary/aromatic N) is 1. The van der Waals surface area contributed by atoms with E-state index in [0.717, 1.165) is 47.8 Å². The highest BCUT2D eigenvalue weighted by Gasteiger charge is 2.55. The second-order valence-electron chi connectivity index (χ2n) is 10.7. The van der Waals surface area contributed by atoms with E-state index in [1.165, 1.54) is 36.0 Å². The van der Waals surface area contributed by atoms with Gasteiger partial charge in [0, 0.05) is 5.56 Å². The van der Waals surface area contributed by atoms with Gasteiger partial charge in [0.2, 0.25) is 5.91 Å². The van der Waals surface area contributed by atoms with Gasteiger partial charge in [-0.15, -0.1) is 0 Å². The lowest BCUT2D eigenvalue weighted by Crippen LogP contribution is -2.57. The van der Waals surface area contributed by atoms with Crippen LogP contribution < -0.4 is 10.2 Å². The third kappa shape index (κ3) is 4.06. The number of carbonyl (C=O) groups excluding carboxylic acids is 2. The average molecular weight is 507 g/mol. The summed E-state index contributed by atoms with van der Waals surface area (Å²) in [5.74, 6) is 2.43. The molecule has 1 saturated heterocycles. The number of thioether (sulfide) groups is 1. The number of ether oxygens (including phenoxy) is 1. The highest BCUT2D eigenvalue weighted by molar-refractivity contribution is 8.26. The van der Waals surface area contributed by atoms with Crippen LogP contribution in [0.4, 0.5) is 0 Å². The molecule has 0 aromatic heterocycles. The molecule has 1 aliphatic heterocycles. The summed E-state index contributed by atoms with van der Waals surface area (Å²) in [7, 11) is 0. The first-order valence-corrected chi connectivity index (χ1v) is 13.9. The van der Waals surface area contributed by atoms with Gasteiger partial charge in [-0.1, -0.05) is 49.0 Å². The first-order valence-electron chi connectivity index (χ1n) is 12.7. The van der Waals surface area contributed by atoms with Crippen molar-refractivity contribution in [3.05, 3.63) is 46.9 Å². The van der Waals surface area contributed by atoms with E-state index in [2.05, 4.69) is 12.3 Å². The minimum atomic E-state index is -0.335. The van der Waals surface area contributed by atoms with Crippen molar-refractivity contribution < 1.29 is 14.3 Å². The van der Waals surface area contributed by atoms with Gasteiger partial charge in [0.25, 0.3) is 5.91 Å². The fraction of sp³-hybridized carbons (Fsp3) is 0.464. The van der Waals surface area contributed by atoms with Crippen LogP contribution in [0, 0.1) is 23.2 Å². The minimum Gasteiger partial charge on any atom is -0.493 e. The molecule has 0 spiro atoms. The van der Waals surface area contributed by atoms with Gasteiger partial charge >= 0.3 is 0 Å². The molecule has 182 valence electrons. The number of hydrogen-bond acceptors (Lipinski definition) is 5. The zero-order valence-corrected chi connectivity index (χ0v) is 21.6. The van der Waals surface area contributed by atoms with Gasteiger partial charge in [0.05, 0.1) is 16.9 Å². The first kappa shape index (κ1) is 23.0. The van der Waals surface area contributed by atoms with Crippen LogP contribution in [-0.4, -0.2) is 27.8 Å². The van der Waals surface area contributed by atoms with Crippen molar-refractivity contribution in [2.45, 2.75) is 51.9 Å². The summed E-state index contributed by atoms with van der Waals surface area (Å²) in [5.41, 5.74) is 3.48. The summed E-state index contributed by atoms with van der Waals surface area (Å²) >= 11 is 6.79. The summed E-state index contributed by atoms with van der Waals surface area (Å²) in [6, 6.07) is 12.1. The van der Waals surface area contributed by atoms with Crippen molar-refractivity contribution >= 4 is 57.0 Å². The quantitative estimate of drug-likeness (QED) is 0.380. The number of amides is 2. The molecule has 7 rings (SSSR count). The number of fused-ring (bicyclic) bond motifs is 1. The molecule has 0 unspecified atom stereocenters. The zero-order chi connectivity index (χ0) is 24.2. The van der Waals surface area contributed by atoms with Gasteiger partial charge in [-0.2, -0.15) is 5.01 Å². The lowest BCUT2D eigenvalue weighted by molar-refractivity contribution is -0.152. The van der Waals surface area contributed by atoms with E-state index in [4.69, 9.17) is 17.0 Å². The molecule has 4 saturated carbocycles. The highest BCUT2D eigenvalue weighted by atomic mass is 32.2. The summed E-state index contributed by atoms with van der Waals surface area (Å²) < 4.78 is 6.39. The number of hydrazine groups is 1. The average Bonchev–Trinajstić information content (AvgIpc) is 3.10. The zero-order valence-electron chi connectivity index (χ0n) is 19.9. The second-order valence-corrected chi connectivity index (χ2v) is 12.4. The third-order valence-electron chi connectivity index (χ3n) is 8.19. The van der Waals surface area contributed by atoms with Gasteiger partial charge in [-0.05, 0) is 97.8 Å². The molecule has 1 heterocycles. The van der Waals surface area contributed by atoms with Crippen LogP contribution in [-0.2, 0) is 9.59 Å². The number of hydrogen-bond donors (Lipinski definition) is 1. The number of rotatable bonds is 6.